The summed E-state index contributed by atoms with van der Waals surface area (Å²) in [5, 5.41) is 19.8. The Balaban J connectivity index is 1.89. The summed E-state index contributed by atoms with van der Waals surface area (Å²) >= 11 is 0. The molecule has 132 valence electrons. The van der Waals surface area contributed by atoms with Gasteiger partial charge in [0.2, 0.25) is 0 Å². The number of furan rings is 1. The number of aliphatic hydroxyl groups is 1. The normalized spacial score (nSPS) is 14.9. The van der Waals surface area contributed by atoms with E-state index in [0.717, 1.165) is 17.7 Å². The van der Waals surface area contributed by atoms with Crippen LogP contribution in [-0.4, -0.2) is 22.3 Å². The molecule has 3 atom stereocenters. The van der Waals surface area contributed by atoms with Crippen LogP contribution in [0.5, 0.6) is 0 Å². The molecule has 3 N–H and O–H groups in total. The molecule has 0 aliphatic rings. The van der Waals surface area contributed by atoms with Gasteiger partial charge in [0.25, 0.3) is 0 Å². The molecule has 0 aromatic carbocycles. The Bertz CT molecular complexity index is 631. The highest BCUT2D eigenvalue weighted by Crippen LogP contribution is 2.24. The van der Waals surface area contributed by atoms with Crippen LogP contribution < -0.4 is 10.6 Å². The minimum absolute atomic E-state index is 0.168. The van der Waals surface area contributed by atoms with Crippen LogP contribution >= 0.6 is 0 Å². The molecule has 2 rings (SSSR count). The minimum Gasteiger partial charge on any atom is -0.467 e. The van der Waals surface area contributed by atoms with Gasteiger partial charge in [-0.15, -0.1) is 0 Å². The second-order valence-corrected chi connectivity index (χ2v) is 5.98. The van der Waals surface area contributed by atoms with Gasteiger partial charge in [-0.1, -0.05) is 12.1 Å². The zero-order valence-corrected chi connectivity index (χ0v) is 14.5. The Kier molecular flexibility index (Phi) is 6.03. The number of hydrogen-bond donors (Lipinski definition) is 3. The number of hydrogen-bond acceptors (Lipinski definition) is 5. The first-order valence-corrected chi connectivity index (χ1v) is 8.13. The zero-order chi connectivity index (χ0) is 17.7. The maximum atomic E-state index is 12.2. The molecule has 2 aromatic rings. The minimum atomic E-state index is -0.750. The Hall–Kier alpha value is -2.28. The Morgan fingerprint density at radius 3 is 2.67 bits per heavy atom. The molecule has 24 heavy (non-hydrogen) atoms. The van der Waals surface area contributed by atoms with E-state index in [4.69, 9.17) is 8.94 Å². The number of nitrogens with one attached hydrogen (secondary N) is 2. The van der Waals surface area contributed by atoms with E-state index in [1.807, 2.05) is 27.7 Å². The fourth-order valence-electron chi connectivity index (χ4n) is 2.78. The quantitative estimate of drug-likeness (QED) is 0.721. The number of aliphatic hydroxyl groups excluding tert-OH is 1. The number of carbonyl (C=O) groups excluding carboxylic acids is 1. The monoisotopic (exact) mass is 335 g/mol. The second kappa shape index (κ2) is 8.01. The van der Waals surface area contributed by atoms with Crippen molar-refractivity contribution in [2.24, 2.45) is 0 Å². The molecule has 2 amide bonds. The molecule has 0 saturated heterocycles. The molecule has 0 fully saturated rings. The van der Waals surface area contributed by atoms with Crippen LogP contribution in [0.15, 0.2) is 27.3 Å². The van der Waals surface area contributed by atoms with E-state index in [1.165, 1.54) is 6.26 Å². The van der Waals surface area contributed by atoms with E-state index in [2.05, 4.69) is 15.8 Å². The fraction of sp³-hybridized carbons (Fsp3) is 0.529. The Morgan fingerprint density at radius 1 is 1.38 bits per heavy atom. The third kappa shape index (κ3) is 4.38. The highest BCUT2D eigenvalue weighted by atomic mass is 16.5. The van der Waals surface area contributed by atoms with Crippen molar-refractivity contribution in [2.45, 2.75) is 58.7 Å². The molecule has 0 saturated carbocycles. The fourth-order valence-corrected chi connectivity index (χ4v) is 2.78. The standard InChI is InChI=1S/C17H25N3O4/c1-5-13(16-11(3)20-24-12(16)4)19-17(22)18-10(2)9-14(21)15-7-6-8-23-15/h6-8,10,13-14,21H,5,9H2,1-4H3,(H2,18,19,22). The maximum Gasteiger partial charge on any atom is 0.315 e. The Labute approximate surface area is 141 Å². The van der Waals surface area contributed by atoms with Gasteiger partial charge in [-0.05, 0) is 39.3 Å². The predicted molar refractivity (Wildman–Crippen MR) is 88.4 cm³/mol. The largest absolute Gasteiger partial charge is 0.467 e. The van der Waals surface area contributed by atoms with E-state index >= 15 is 0 Å². The summed E-state index contributed by atoms with van der Waals surface area (Å²) in [7, 11) is 0. The lowest BCUT2D eigenvalue weighted by Gasteiger charge is -2.21. The van der Waals surface area contributed by atoms with Gasteiger partial charge in [0.1, 0.15) is 17.6 Å². The molecule has 7 heteroatoms. The van der Waals surface area contributed by atoms with Crippen LogP contribution in [0.2, 0.25) is 0 Å². The molecule has 0 spiro atoms. The smallest absolute Gasteiger partial charge is 0.315 e. The average molecular weight is 335 g/mol. The molecule has 2 aromatic heterocycles. The van der Waals surface area contributed by atoms with E-state index < -0.39 is 6.10 Å². The third-order valence-corrected chi connectivity index (χ3v) is 3.98. The van der Waals surface area contributed by atoms with Crippen LogP contribution in [-0.2, 0) is 0 Å². The van der Waals surface area contributed by atoms with Crippen LogP contribution in [0.25, 0.3) is 0 Å². The summed E-state index contributed by atoms with van der Waals surface area (Å²) in [6.45, 7) is 7.51. The van der Waals surface area contributed by atoms with Crippen molar-refractivity contribution >= 4 is 6.03 Å². The lowest BCUT2D eigenvalue weighted by atomic mass is 10.0. The molecule has 3 unspecified atom stereocenters. The number of aromatic nitrogens is 1. The van der Waals surface area contributed by atoms with E-state index in [-0.39, 0.29) is 18.1 Å². The summed E-state index contributed by atoms with van der Waals surface area (Å²) in [6.07, 6.45) is 1.85. The average Bonchev–Trinajstić information content (AvgIpc) is 3.15. The highest BCUT2D eigenvalue weighted by Gasteiger charge is 2.22. The first-order valence-electron chi connectivity index (χ1n) is 8.13. The van der Waals surface area contributed by atoms with E-state index in [1.54, 1.807) is 12.1 Å². The van der Waals surface area contributed by atoms with Crippen LogP contribution in [0, 0.1) is 13.8 Å². The zero-order valence-electron chi connectivity index (χ0n) is 14.5. The molecule has 0 radical (unpaired) electrons. The second-order valence-electron chi connectivity index (χ2n) is 5.98. The number of rotatable bonds is 7. The summed E-state index contributed by atoms with van der Waals surface area (Å²) in [4.78, 5) is 12.2. The van der Waals surface area contributed by atoms with Crippen LogP contribution in [0.1, 0.15) is 61.6 Å². The van der Waals surface area contributed by atoms with Crippen molar-refractivity contribution in [2.75, 3.05) is 0 Å². The first-order chi connectivity index (χ1) is 11.4. The molecule has 0 aliphatic carbocycles. The molecule has 2 heterocycles. The Morgan fingerprint density at radius 2 is 2.12 bits per heavy atom. The summed E-state index contributed by atoms with van der Waals surface area (Å²) < 4.78 is 10.3. The number of aryl methyl sites for hydroxylation is 2. The van der Waals surface area contributed by atoms with Gasteiger partial charge < -0.3 is 24.7 Å². The van der Waals surface area contributed by atoms with Crippen LogP contribution in [0.3, 0.4) is 0 Å². The molecule has 7 nitrogen and oxygen atoms in total. The number of urea groups is 1. The SMILES string of the molecule is CCC(NC(=O)NC(C)CC(O)c1ccco1)c1c(C)noc1C. The van der Waals surface area contributed by atoms with Crippen molar-refractivity contribution in [3.63, 3.8) is 0 Å². The van der Waals surface area contributed by atoms with E-state index in [9.17, 15) is 9.90 Å². The van der Waals surface area contributed by atoms with E-state index in [0.29, 0.717) is 17.9 Å². The molecule has 0 aliphatic heterocycles. The van der Waals surface area contributed by atoms with Crippen molar-refractivity contribution in [3.8, 4) is 0 Å². The number of amides is 2. The predicted octanol–water partition coefficient (Wildman–Crippen LogP) is 3.15. The van der Waals surface area contributed by atoms with Gasteiger partial charge >= 0.3 is 6.03 Å². The first kappa shape index (κ1) is 18.1. The lowest BCUT2D eigenvalue weighted by Crippen LogP contribution is -2.43. The van der Waals surface area contributed by atoms with Gasteiger partial charge in [-0.25, -0.2) is 4.79 Å². The number of nitrogens with zero attached hydrogens (tertiary/aromatic N) is 1. The van der Waals surface area contributed by atoms with Gasteiger partial charge in [-0.2, -0.15) is 0 Å². The maximum absolute atomic E-state index is 12.2. The van der Waals surface area contributed by atoms with Crippen LogP contribution in [0.4, 0.5) is 4.79 Å². The topological polar surface area (TPSA) is 101 Å². The van der Waals surface area contributed by atoms with Crippen molar-refractivity contribution < 1.29 is 18.8 Å². The lowest BCUT2D eigenvalue weighted by molar-refractivity contribution is 0.129. The highest BCUT2D eigenvalue weighted by molar-refractivity contribution is 5.74. The molecular weight excluding hydrogens is 310 g/mol. The summed E-state index contributed by atoms with van der Waals surface area (Å²) in [5.74, 6) is 1.20. The molecular formula is C17H25N3O4. The number of carbonyl (C=O) groups is 1. The molecule has 0 bridgehead atoms. The van der Waals surface area contributed by atoms with Crippen molar-refractivity contribution in [3.05, 3.63) is 41.2 Å². The van der Waals surface area contributed by atoms with Gasteiger partial charge in [0, 0.05) is 18.0 Å². The van der Waals surface area contributed by atoms with Crippen molar-refractivity contribution in [1.29, 1.82) is 0 Å². The summed E-state index contributed by atoms with van der Waals surface area (Å²) in [6, 6.07) is 2.76. The van der Waals surface area contributed by atoms with Gasteiger partial charge in [-0.3, -0.25) is 0 Å². The van der Waals surface area contributed by atoms with Gasteiger partial charge in [0.15, 0.2) is 0 Å². The third-order valence-electron chi connectivity index (χ3n) is 3.98. The van der Waals surface area contributed by atoms with Crippen molar-refractivity contribution in [1.82, 2.24) is 15.8 Å². The summed E-state index contributed by atoms with van der Waals surface area (Å²) in [5.41, 5.74) is 1.69. The van der Waals surface area contributed by atoms with Gasteiger partial charge in [0.05, 0.1) is 18.0 Å².